The Bertz CT molecular complexity index is 281. The van der Waals surface area contributed by atoms with Gasteiger partial charge in [0.1, 0.15) is 0 Å². The number of aliphatic hydroxyl groups is 1. The number of hydrogen-bond acceptors (Lipinski definition) is 4. The van der Waals surface area contributed by atoms with E-state index in [4.69, 9.17) is 0 Å². The Balaban J connectivity index is 1.62. The first-order chi connectivity index (χ1) is 8.78. The monoisotopic (exact) mass is 287 g/mol. The molecular formula is C14H25NOS2. The zero-order valence-corrected chi connectivity index (χ0v) is 12.8. The van der Waals surface area contributed by atoms with Crippen molar-refractivity contribution in [3.05, 3.63) is 0 Å². The number of piperidine rings is 1. The summed E-state index contributed by atoms with van der Waals surface area (Å²) in [4.78, 5) is 2.69. The van der Waals surface area contributed by atoms with Crippen LogP contribution in [0.15, 0.2) is 0 Å². The Hall–Kier alpha value is 0.620. The van der Waals surface area contributed by atoms with Crippen LogP contribution in [0.1, 0.15) is 32.1 Å². The molecule has 0 bridgehead atoms. The van der Waals surface area contributed by atoms with Crippen LogP contribution in [0.5, 0.6) is 0 Å². The molecule has 104 valence electrons. The van der Waals surface area contributed by atoms with Gasteiger partial charge >= 0.3 is 0 Å². The van der Waals surface area contributed by atoms with E-state index in [0.29, 0.717) is 5.92 Å². The fourth-order valence-corrected chi connectivity index (χ4v) is 6.37. The molecule has 0 aromatic heterocycles. The summed E-state index contributed by atoms with van der Waals surface area (Å²) in [7, 11) is 0. The predicted octanol–water partition coefficient (Wildman–Crippen LogP) is 2.46. The lowest BCUT2D eigenvalue weighted by Gasteiger charge is -2.49. The zero-order chi connectivity index (χ0) is 12.4. The molecule has 2 saturated heterocycles. The second-order valence-electron chi connectivity index (χ2n) is 6.09. The topological polar surface area (TPSA) is 23.5 Å². The smallest absolute Gasteiger partial charge is 0.0700 e. The van der Waals surface area contributed by atoms with Crippen molar-refractivity contribution >= 4 is 23.5 Å². The van der Waals surface area contributed by atoms with Gasteiger partial charge in [-0.25, -0.2) is 0 Å². The van der Waals surface area contributed by atoms with Crippen LogP contribution in [0, 0.1) is 5.92 Å². The Morgan fingerprint density at radius 2 is 1.83 bits per heavy atom. The third-order valence-electron chi connectivity index (χ3n) is 4.97. The molecule has 3 fully saturated rings. The van der Waals surface area contributed by atoms with Gasteiger partial charge in [0.2, 0.25) is 0 Å². The summed E-state index contributed by atoms with van der Waals surface area (Å²) < 4.78 is 0. The molecule has 0 radical (unpaired) electrons. The van der Waals surface area contributed by atoms with Crippen LogP contribution in [0.4, 0.5) is 0 Å². The van der Waals surface area contributed by atoms with E-state index in [2.05, 4.69) is 28.4 Å². The van der Waals surface area contributed by atoms with Gasteiger partial charge in [0.25, 0.3) is 0 Å². The van der Waals surface area contributed by atoms with Crippen LogP contribution in [0.25, 0.3) is 0 Å². The van der Waals surface area contributed by atoms with Crippen LogP contribution in [0.2, 0.25) is 0 Å². The van der Waals surface area contributed by atoms with Crippen LogP contribution in [-0.4, -0.2) is 57.8 Å². The van der Waals surface area contributed by atoms with E-state index in [1.54, 1.807) is 0 Å². The Morgan fingerprint density at radius 1 is 1.06 bits per heavy atom. The van der Waals surface area contributed by atoms with Crippen LogP contribution in [-0.2, 0) is 0 Å². The van der Waals surface area contributed by atoms with Gasteiger partial charge < -0.3 is 5.11 Å². The van der Waals surface area contributed by atoms with Crippen molar-refractivity contribution in [1.82, 2.24) is 4.90 Å². The number of hydrogen-bond donors (Lipinski definition) is 1. The van der Waals surface area contributed by atoms with Crippen molar-refractivity contribution in [2.45, 2.75) is 43.7 Å². The normalized spacial score (nSPS) is 40.2. The second kappa shape index (κ2) is 5.94. The molecule has 1 N–H and O–H groups in total. The van der Waals surface area contributed by atoms with Crippen molar-refractivity contribution in [3.8, 4) is 0 Å². The van der Waals surface area contributed by atoms with E-state index in [1.165, 1.54) is 42.3 Å². The molecule has 0 aromatic carbocycles. The maximum atomic E-state index is 10.7. The van der Waals surface area contributed by atoms with Gasteiger partial charge in [-0.2, -0.15) is 23.5 Å². The van der Waals surface area contributed by atoms with E-state index in [-0.39, 0.29) is 5.60 Å². The SMILES string of the molecule is O[C@]12CCCC[C@H]1CN(C1CSCCSC1)CC2. The van der Waals surface area contributed by atoms with E-state index in [0.717, 1.165) is 32.0 Å². The van der Waals surface area contributed by atoms with E-state index >= 15 is 0 Å². The van der Waals surface area contributed by atoms with Gasteiger partial charge in [0.15, 0.2) is 0 Å². The van der Waals surface area contributed by atoms with E-state index in [1.807, 2.05) is 0 Å². The molecule has 0 spiro atoms. The van der Waals surface area contributed by atoms with Crippen LogP contribution in [0.3, 0.4) is 0 Å². The Kier molecular flexibility index (Phi) is 4.49. The highest BCUT2D eigenvalue weighted by Gasteiger charge is 2.43. The highest BCUT2D eigenvalue weighted by molar-refractivity contribution is 8.03. The van der Waals surface area contributed by atoms with E-state index in [9.17, 15) is 5.11 Å². The van der Waals surface area contributed by atoms with Crippen molar-refractivity contribution in [3.63, 3.8) is 0 Å². The minimum absolute atomic E-state index is 0.306. The van der Waals surface area contributed by atoms with Crippen LogP contribution < -0.4 is 0 Å². The zero-order valence-electron chi connectivity index (χ0n) is 11.1. The third-order valence-corrected chi connectivity index (χ3v) is 7.45. The third kappa shape index (κ3) is 2.87. The van der Waals surface area contributed by atoms with Gasteiger partial charge in [-0.15, -0.1) is 0 Å². The molecule has 2 nitrogen and oxygen atoms in total. The first kappa shape index (κ1) is 13.6. The minimum Gasteiger partial charge on any atom is -0.390 e. The largest absolute Gasteiger partial charge is 0.390 e. The van der Waals surface area contributed by atoms with Crippen molar-refractivity contribution in [2.75, 3.05) is 36.1 Å². The van der Waals surface area contributed by atoms with Crippen LogP contribution >= 0.6 is 23.5 Å². The predicted molar refractivity (Wildman–Crippen MR) is 81.5 cm³/mol. The minimum atomic E-state index is -0.306. The van der Waals surface area contributed by atoms with E-state index < -0.39 is 0 Å². The fraction of sp³-hybridized carbons (Fsp3) is 1.00. The molecule has 1 saturated carbocycles. The van der Waals surface area contributed by atoms with Crippen molar-refractivity contribution in [1.29, 1.82) is 0 Å². The molecule has 0 unspecified atom stereocenters. The first-order valence-corrected chi connectivity index (χ1v) is 9.71. The van der Waals surface area contributed by atoms with Gasteiger partial charge in [-0.3, -0.25) is 4.90 Å². The first-order valence-electron chi connectivity index (χ1n) is 7.40. The molecule has 2 heterocycles. The summed E-state index contributed by atoms with van der Waals surface area (Å²) in [6.45, 7) is 2.28. The molecule has 2 atom stereocenters. The number of likely N-dealkylation sites (tertiary alicyclic amines) is 1. The molecule has 1 aliphatic carbocycles. The summed E-state index contributed by atoms with van der Waals surface area (Å²) in [5.74, 6) is 5.80. The summed E-state index contributed by atoms with van der Waals surface area (Å²) >= 11 is 4.24. The molecule has 0 aromatic rings. The average molecular weight is 287 g/mol. The lowest BCUT2D eigenvalue weighted by Crippen LogP contribution is -2.56. The molecule has 18 heavy (non-hydrogen) atoms. The van der Waals surface area contributed by atoms with Gasteiger partial charge in [0.05, 0.1) is 5.60 Å². The molecule has 2 aliphatic heterocycles. The highest BCUT2D eigenvalue weighted by Crippen LogP contribution is 2.40. The summed E-state index contributed by atoms with van der Waals surface area (Å²) in [5.41, 5.74) is -0.306. The standard InChI is InChI=1S/C14H25NOS2/c16-14-4-2-1-3-12(14)9-15(6-5-14)13-10-17-7-8-18-11-13/h12-13,16H,1-11H2/t12-,14-/m0/s1. The summed E-state index contributed by atoms with van der Waals surface area (Å²) in [5, 5.41) is 10.7. The quantitative estimate of drug-likeness (QED) is 0.800. The number of rotatable bonds is 1. The average Bonchev–Trinajstić information content (AvgIpc) is 2.66. The maximum absolute atomic E-state index is 10.7. The van der Waals surface area contributed by atoms with Gasteiger partial charge in [-0.05, 0) is 19.3 Å². The van der Waals surface area contributed by atoms with Crippen molar-refractivity contribution < 1.29 is 5.11 Å². The molecule has 3 rings (SSSR count). The number of nitrogens with zero attached hydrogens (tertiary/aromatic N) is 1. The van der Waals surface area contributed by atoms with Gasteiger partial charge in [0, 0.05) is 48.1 Å². The molecule has 4 heteroatoms. The summed E-state index contributed by atoms with van der Waals surface area (Å²) in [6, 6.07) is 0.758. The fourth-order valence-electron chi connectivity index (χ4n) is 3.74. The maximum Gasteiger partial charge on any atom is 0.0700 e. The molecular weight excluding hydrogens is 262 g/mol. The summed E-state index contributed by atoms with van der Waals surface area (Å²) in [6.07, 6.45) is 5.89. The number of fused-ring (bicyclic) bond motifs is 1. The lowest BCUT2D eigenvalue weighted by molar-refractivity contribution is -0.0995. The molecule has 0 amide bonds. The molecule has 3 aliphatic rings. The number of thioether (sulfide) groups is 2. The Labute approximate surface area is 119 Å². The lowest BCUT2D eigenvalue weighted by atomic mass is 9.71. The Morgan fingerprint density at radius 3 is 2.61 bits per heavy atom. The van der Waals surface area contributed by atoms with Crippen molar-refractivity contribution in [2.24, 2.45) is 5.92 Å². The highest BCUT2D eigenvalue weighted by atomic mass is 32.2. The second-order valence-corrected chi connectivity index (χ2v) is 8.39. The van der Waals surface area contributed by atoms with Gasteiger partial charge in [-0.1, -0.05) is 12.8 Å².